The minimum Gasteiger partial charge on any atom is -0.355 e. The van der Waals surface area contributed by atoms with E-state index in [4.69, 9.17) is 23.2 Å². The third-order valence-electron chi connectivity index (χ3n) is 2.42. The lowest BCUT2D eigenvalue weighted by Crippen LogP contribution is -2.06. The highest BCUT2D eigenvalue weighted by Gasteiger charge is 2.11. The first-order valence-corrected chi connectivity index (χ1v) is 6.31. The Bertz CT molecular complexity index is 531. The summed E-state index contributed by atoms with van der Waals surface area (Å²) in [5, 5.41) is 3.15. The van der Waals surface area contributed by atoms with E-state index in [0.717, 1.165) is 13.0 Å². The fourth-order valence-corrected chi connectivity index (χ4v) is 2.04. The predicted octanol–water partition coefficient (Wildman–Crippen LogP) is 4.14. The number of anilines is 1. The van der Waals surface area contributed by atoms with Gasteiger partial charge in [-0.3, -0.25) is 4.57 Å². The smallest absolute Gasteiger partial charge is 0.207 e. The van der Waals surface area contributed by atoms with E-state index < -0.39 is 5.82 Å². The molecule has 96 valence electrons. The zero-order valence-corrected chi connectivity index (χ0v) is 11.3. The van der Waals surface area contributed by atoms with E-state index in [2.05, 4.69) is 17.2 Å². The molecule has 0 saturated heterocycles. The topological polar surface area (TPSA) is 29.9 Å². The zero-order valence-electron chi connectivity index (χ0n) is 9.75. The van der Waals surface area contributed by atoms with Crippen LogP contribution in [0.4, 0.5) is 10.3 Å². The third kappa shape index (κ3) is 2.60. The number of hydrogen-bond acceptors (Lipinski definition) is 2. The van der Waals surface area contributed by atoms with Crippen molar-refractivity contribution in [3.05, 3.63) is 40.4 Å². The zero-order chi connectivity index (χ0) is 13.1. The molecule has 6 heteroatoms. The number of benzene rings is 1. The normalized spacial score (nSPS) is 10.7. The molecule has 18 heavy (non-hydrogen) atoms. The van der Waals surface area contributed by atoms with Crippen LogP contribution in [0.2, 0.25) is 10.0 Å². The Morgan fingerprint density at radius 2 is 2.00 bits per heavy atom. The van der Waals surface area contributed by atoms with Gasteiger partial charge in [-0.1, -0.05) is 30.1 Å². The Morgan fingerprint density at radius 3 is 2.61 bits per heavy atom. The molecule has 0 fully saturated rings. The van der Waals surface area contributed by atoms with Crippen LogP contribution in [0.15, 0.2) is 24.5 Å². The molecular weight excluding hydrogens is 276 g/mol. The van der Waals surface area contributed by atoms with Crippen molar-refractivity contribution < 1.29 is 4.39 Å². The quantitative estimate of drug-likeness (QED) is 0.857. The highest BCUT2D eigenvalue weighted by atomic mass is 35.5. The lowest BCUT2D eigenvalue weighted by atomic mass is 10.3. The largest absolute Gasteiger partial charge is 0.355 e. The van der Waals surface area contributed by atoms with Crippen molar-refractivity contribution in [3.63, 3.8) is 0 Å². The van der Waals surface area contributed by atoms with Gasteiger partial charge in [0.1, 0.15) is 0 Å². The van der Waals surface area contributed by atoms with Crippen LogP contribution >= 0.6 is 23.2 Å². The second-order valence-electron chi connectivity index (χ2n) is 3.77. The molecule has 2 rings (SSSR count). The summed E-state index contributed by atoms with van der Waals surface area (Å²) >= 11 is 11.6. The standard InChI is InChI=1S/C12H12Cl2FN3/c1-2-3-16-12-17-4-5-18(12)8-6-9(13)11(15)10(14)7-8/h4-7H,2-3H2,1H3,(H,16,17). The summed E-state index contributed by atoms with van der Waals surface area (Å²) < 4.78 is 15.1. The van der Waals surface area contributed by atoms with E-state index in [1.165, 1.54) is 12.1 Å². The fraction of sp³-hybridized carbons (Fsp3) is 0.250. The van der Waals surface area contributed by atoms with Crippen molar-refractivity contribution in [2.75, 3.05) is 11.9 Å². The minimum absolute atomic E-state index is 0.00681. The molecule has 0 amide bonds. The van der Waals surface area contributed by atoms with Crippen molar-refractivity contribution in [2.45, 2.75) is 13.3 Å². The van der Waals surface area contributed by atoms with Crippen molar-refractivity contribution in [1.29, 1.82) is 0 Å². The van der Waals surface area contributed by atoms with E-state index in [9.17, 15) is 4.39 Å². The van der Waals surface area contributed by atoms with Crippen LogP contribution in [-0.2, 0) is 0 Å². The monoisotopic (exact) mass is 287 g/mol. The Kier molecular flexibility index (Phi) is 4.09. The molecule has 1 heterocycles. The Balaban J connectivity index is 2.40. The van der Waals surface area contributed by atoms with E-state index in [1.807, 2.05) is 0 Å². The second kappa shape index (κ2) is 5.59. The first-order valence-electron chi connectivity index (χ1n) is 5.55. The van der Waals surface area contributed by atoms with Gasteiger partial charge in [-0.25, -0.2) is 9.37 Å². The summed E-state index contributed by atoms with van der Waals surface area (Å²) in [5.41, 5.74) is 0.669. The number of halogens is 3. The van der Waals surface area contributed by atoms with Gasteiger partial charge in [0.15, 0.2) is 5.82 Å². The Labute approximate surface area is 115 Å². The molecule has 1 aromatic heterocycles. The molecule has 0 spiro atoms. The lowest BCUT2D eigenvalue weighted by molar-refractivity contribution is 0.628. The van der Waals surface area contributed by atoms with Gasteiger partial charge < -0.3 is 5.32 Å². The third-order valence-corrected chi connectivity index (χ3v) is 2.97. The van der Waals surface area contributed by atoms with Crippen LogP contribution < -0.4 is 5.32 Å². The molecule has 0 radical (unpaired) electrons. The number of imidazole rings is 1. The summed E-state index contributed by atoms with van der Waals surface area (Å²) in [6, 6.07) is 3.03. The van der Waals surface area contributed by atoms with Gasteiger partial charge in [0.2, 0.25) is 5.95 Å². The van der Waals surface area contributed by atoms with Crippen molar-refractivity contribution in [2.24, 2.45) is 0 Å². The number of nitrogens with one attached hydrogen (secondary N) is 1. The van der Waals surface area contributed by atoms with Crippen LogP contribution in [0.5, 0.6) is 0 Å². The maximum atomic E-state index is 13.4. The van der Waals surface area contributed by atoms with Gasteiger partial charge in [0.25, 0.3) is 0 Å². The molecule has 0 unspecified atom stereocenters. The average molecular weight is 288 g/mol. The average Bonchev–Trinajstić information content (AvgIpc) is 2.81. The first-order chi connectivity index (χ1) is 8.63. The fourth-order valence-electron chi connectivity index (χ4n) is 1.56. The summed E-state index contributed by atoms with van der Waals surface area (Å²) in [4.78, 5) is 4.18. The number of rotatable bonds is 4. The molecule has 3 nitrogen and oxygen atoms in total. The molecule has 0 aliphatic heterocycles. The molecule has 1 aromatic carbocycles. The van der Waals surface area contributed by atoms with Crippen LogP contribution in [0.3, 0.4) is 0 Å². The Hall–Kier alpha value is -1.26. The van der Waals surface area contributed by atoms with E-state index in [-0.39, 0.29) is 10.0 Å². The first kappa shape index (κ1) is 13.2. The van der Waals surface area contributed by atoms with Crippen LogP contribution in [0, 0.1) is 5.82 Å². The molecule has 2 aromatic rings. The SMILES string of the molecule is CCCNc1nccn1-c1cc(Cl)c(F)c(Cl)c1. The van der Waals surface area contributed by atoms with Gasteiger partial charge in [-0.05, 0) is 18.6 Å². The van der Waals surface area contributed by atoms with Gasteiger partial charge in [-0.15, -0.1) is 0 Å². The van der Waals surface area contributed by atoms with E-state index in [0.29, 0.717) is 11.6 Å². The molecule has 0 aliphatic carbocycles. The van der Waals surface area contributed by atoms with Gasteiger partial charge >= 0.3 is 0 Å². The summed E-state index contributed by atoms with van der Waals surface area (Å²) in [5.74, 6) is 0.0702. The molecule has 0 atom stereocenters. The second-order valence-corrected chi connectivity index (χ2v) is 4.59. The number of nitrogens with zero attached hydrogens (tertiary/aromatic N) is 2. The summed E-state index contributed by atoms with van der Waals surface area (Å²) in [6.45, 7) is 2.87. The predicted molar refractivity (Wildman–Crippen MR) is 72.3 cm³/mol. The van der Waals surface area contributed by atoms with E-state index >= 15 is 0 Å². The number of hydrogen-bond donors (Lipinski definition) is 1. The number of aromatic nitrogens is 2. The molecule has 1 N–H and O–H groups in total. The molecule has 0 saturated carbocycles. The highest BCUT2D eigenvalue weighted by molar-refractivity contribution is 6.35. The molecule has 0 bridgehead atoms. The minimum atomic E-state index is -0.606. The van der Waals surface area contributed by atoms with Gasteiger partial charge in [0, 0.05) is 18.9 Å². The van der Waals surface area contributed by atoms with Crippen molar-refractivity contribution in [1.82, 2.24) is 9.55 Å². The summed E-state index contributed by atoms with van der Waals surface area (Å²) in [7, 11) is 0. The maximum Gasteiger partial charge on any atom is 0.207 e. The molecule has 0 aliphatic rings. The van der Waals surface area contributed by atoms with Gasteiger partial charge in [0.05, 0.1) is 15.7 Å². The molecular formula is C12H12Cl2FN3. The van der Waals surface area contributed by atoms with E-state index in [1.54, 1.807) is 17.0 Å². The highest BCUT2D eigenvalue weighted by Crippen LogP contribution is 2.27. The van der Waals surface area contributed by atoms with Crippen LogP contribution in [0.1, 0.15) is 13.3 Å². The van der Waals surface area contributed by atoms with Crippen molar-refractivity contribution in [3.8, 4) is 5.69 Å². The summed E-state index contributed by atoms with van der Waals surface area (Å²) in [6.07, 6.45) is 4.40. The van der Waals surface area contributed by atoms with Crippen LogP contribution in [0.25, 0.3) is 5.69 Å². The maximum absolute atomic E-state index is 13.4. The van der Waals surface area contributed by atoms with Crippen molar-refractivity contribution >= 4 is 29.2 Å². The Morgan fingerprint density at radius 1 is 1.33 bits per heavy atom. The lowest BCUT2D eigenvalue weighted by Gasteiger charge is -2.10. The van der Waals surface area contributed by atoms with Crippen LogP contribution in [-0.4, -0.2) is 16.1 Å². The van der Waals surface area contributed by atoms with Gasteiger partial charge in [-0.2, -0.15) is 0 Å².